The number of aromatic nitrogens is 2. The van der Waals surface area contributed by atoms with Crippen LogP contribution < -0.4 is 5.32 Å². The number of nitrogens with zero attached hydrogens (tertiary/aromatic N) is 4. The minimum atomic E-state index is 0. The summed E-state index contributed by atoms with van der Waals surface area (Å²) in [7, 11) is 2.05. The lowest BCUT2D eigenvalue weighted by atomic mass is 9.76. The Labute approximate surface area is 187 Å². The molecule has 2 fully saturated rings. The molecule has 160 valence electrons. The molecule has 7 heteroatoms. The van der Waals surface area contributed by atoms with E-state index in [1.807, 2.05) is 11.7 Å². The van der Waals surface area contributed by atoms with Gasteiger partial charge in [-0.3, -0.25) is 4.68 Å². The fraction of sp³-hybridized carbons (Fsp3) is 0.810. The number of aryl methyl sites for hydroxylation is 2. The van der Waals surface area contributed by atoms with Gasteiger partial charge in [0.05, 0.1) is 18.8 Å². The summed E-state index contributed by atoms with van der Waals surface area (Å²) < 4.78 is 7.88. The average Bonchev–Trinajstić information content (AvgIpc) is 3.00. The van der Waals surface area contributed by atoms with E-state index in [1.165, 1.54) is 42.6 Å². The van der Waals surface area contributed by atoms with Crippen LogP contribution in [0.2, 0.25) is 0 Å². The lowest BCUT2D eigenvalue weighted by Crippen LogP contribution is -2.53. The second-order valence-electron chi connectivity index (χ2n) is 8.05. The summed E-state index contributed by atoms with van der Waals surface area (Å²) >= 11 is 0. The van der Waals surface area contributed by atoms with Gasteiger partial charge in [-0.25, -0.2) is 4.99 Å². The zero-order valence-corrected chi connectivity index (χ0v) is 20.4. The average molecular weight is 503 g/mol. The Bertz CT molecular complexity index is 646. The van der Waals surface area contributed by atoms with Gasteiger partial charge in [-0.2, -0.15) is 5.10 Å². The minimum absolute atomic E-state index is 0. The molecule has 1 atom stereocenters. The van der Waals surface area contributed by atoms with Crippen molar-refractivity contribution in [3.63, 3.8) is 0 Å². The van der Waals surface area contributed by atoms with Gasteiger partial charge in [0.25, 0.3) is 0 Å². The lowest BCUT2D eigenvalue weighted by molar-refractivity contribution is -0.0370. The van der Waals surface area contributed by atoms with Crippen LogP contribution in [0.4, 0.5) is 0 Å². The molecule has 2 aliphatic rings. The Balaban J connectivity index is 0.00000280. The third-order valence-electron chi connectivity index (χ3n) is 6.11. The summed E-state index contributed by atoms with van der Waals surface area (Å²) in [6.45, 7) is 12.1. The van der Waals surface area contributed by atoms with Crippen molar-refractivity contribution >= 4 is 29.9 Å². The molecular formula is C21H38IN5O. The van der Waals surface area contributed by atoms with Crippen molar-refractivity contribution in [3.8, 4) is 0 Å². The topological polar surface area (TPSA) is 54.7 Å². The molecule has 3 rings (SSSR count). The summed E-state index contributed by atoms with van der Waals surface area (Å²) in [5.74, 6) is 1.05. The molecule has 1 N–H and O–H groups in total. The lowest BCUT2D eigenvalue weighted by Gasteiger charge is -2.45. The van der Waals surface area contributed by atoms with Gasteiger partial charge >= 0.3 is 0 Å². The number of hydrogen-bond acceptors (Lipinski definition) is 3. The van der Waals surface area contributed by atoms with E-state index in [4.69, 9.17) is 14.8 Å². The van der Waals surface area contributed by atoms with Crippen molar-refractivity contribution in [1.29, 1.82) is 0 Å². The third-order valence-corrected chi connectivity index (χ3v) is 6.11. The zero-order valence-electron chi connectivity index (χ0n) is 18.1. The fourth-order valence-electron chi connectivity index (χ4n) is 4.77. The summed E-state index contributed by atoms with van der Waals surface area (Å²) in [6, 6.07) is 0. The van der Waals surface area contributed by atoms with Crippen LogP contribution >= 0.6 is 24.0 Å². The molecule has 1 unspecified atom stereocenters. The molecule has 1 spiro atoms. The highest BCUT2D eigenvalue weighted by atomic mass is 127. The summed E-state index contributed by atoms with van der Waals surface area (Å²) in [5.41, 5.74) is 4.13. The van der Waals surface area contributed by atoms with Crippen molar-refractivity contribution in [3.05, 3.63) is 17.0 Å². The van der Waals surface area contributed by atoms with Crippen molar-refractivity contribution in [2.24, 2.45) is 17.5 Å². The van der Waals surface area contributed by atoms with E-state index in [1.54, 1.807) is 0 Å². The maximum Gasteiger partial charge on any atom is 0.194 e. The van der Waals surface area contributed by atoms with Gasteiger partial charge in [0.2, 0.25) is 0 Å². The molecule has 2 saturated heterocycles. The van der Waals surface area contributed by atoms with Gasteiger partial charge in [-0.05, 0) is 45.4 Å². The molecule has 0 aromatic carbocycles. The molecule has 0 amide bonds. The third kappa shape index (κ3) is 5.20. The molecule has 3 heterocycles. The first kappa shape index (κ1) is 23.4. The number of aliphatic imine (C=N–C) groups is 1. The van der Waals surface area contributed by atoms with E-state index < -0.39 is 0 Å². The van der Waals surface area contributed by atoms with E-state index in [2.05, 4.69) is 31.0 Å². The van der Waals surface area contributed by atoms with Crippen LogP contribution in [0, 0.1) is 5.41 Å². The summed E-state index contributed by atoms with van der Waals surface area (Å²) in [4.78, 5) is 7.52. The molecule has 2 aliphatic heterocycles. The fourth-order valence-corrected chi connectivity index (χ4v) is 4.77. The molecular weight excluding hydrogens is 465 g/mol. The number of nitrogens with one attached hydrogen (secondary N) is 1. The van der Waals surface area contributed by atoms with Crippen molar-refractivity contribution in [1.82, 2.24) is 20.0 Å². The van der Waals surface area contributed by atoms with Crippen LogP contribution in [0.3, 0.4) is 0 Å². The number of ether oxygens (including phenoxy) is 1. The van der Waals surface area contributed by atoms with Crippen LogP contribution in [0.15, 0.2) is 4.99 Å². The number of rotatable bonds is 5. The monoisotopic (exact) mass is 503 g/mol. The minimum Gasteiger partial charge on any atom is -0.381 e. The summed E-state index contributed by atoms with van der Waals surface area (Å²) in [6.07, 6.45) is 6.93. The van der Waals surface area contributed by atoms with Crippen LogP contribution in [0.5, 0.6) is 0 Å². The van der Waals surface area contributed by atoms with Crippen molar-refractivity contribution in [2.75, 3.05) is 32.8 Å². The first-order valence-electron chi connectivity index (χ1n) is 10.8. The molecule has 0 bridgehead atoms. The zero-order chi connectivity index (χ0) is 19.3. The van der Waals surface area contributed by atoms with Crippen LogP contribution in [0.1, 0.15) is 63.4 Å². The van der Waals surface area contributed by atoms with Gasteiger partial charge < -0.3 is 15.0 Å². The van der Waals surface area contributed by atoms with E-state index in [9.17, 15) is 0 Å². The van der Waals surface area contributed by atoms with Gasteiger partial charge in [-0.1, -0.05) is 13.8 Å². The molecule has 28 heavy (non-hydrogen) atoms. The molecule has 1 aromatic rings. The van der Waals surface area contributed by atoms with Crippen LogP contribution in [0.25, 0.3) is 0 Å². The summed E-state index contributed by atoms with van der Waals surface area (Å²) in [5, 5.41) is 8.24. The smallest absolute Gasteiger partial charge is 0.194 e. The highest BCUT2D eigenvalue weighted by Gasteiger charge is 2.38. The van der Waals surface area contributed by atoms with E-state index in [-0.39, 0.29) is 24.0 Å². The Morgan fingerprint density at radius 2 is 2.00 bits per heavy atom. The van der Waals surface area contributed by atoms with Gasteiger partial charge in [0.1, 0.15) is 0 Å². The van der Waals surface area contributed by atoms with Crippen molar-refractivity contribution < 1.29 is 4.74 Å². The van der Waals surface area contributed by atoms with Gasteiger partial charge in [0, 0.05) is 50.0 Å². The van der Waals surface area contributed by atoms with E-state index in [0.29, 0.717) is 12.0 Å². The molecule has 0 saturated carbocycles. The Hall–Kier alpha value is -0.830. The number of hydrogen-bond donors (Lipinski definition) is 1. The van der Waals surface area contributed by atoms with Gasteiger partial charge in [0.15, 0.2) is 5.96 Å². The maximum absolute atomic E-state index is 5.85. The Morgan fingerprint density at radius 1 is 1.21 bits per heavy atom. The Morgan fingerprint density at radius 3 is 2.64 bits per heavy atom. The number of guanidine groups is 1. The number of likely N-dealkylation sites (tertiary alicyclic amines) is 1. The second-order valence-corrected chi connectivity index (χ2v) is 8.05. The quantitative estimate of drug-likeness (QED) is 0.380. The number of piperidine rings is 1. The van der Waals surface area contributed by atoms with Crippen molar-refractivity contribution in [2.45, 2.75) is 65.8 Å². The maximum atomic E-state index is 5.85. The first-order valence-corrected chi connectivity index (χ1v) is 10.8. The normalized spacial score (nSPS) is 23.0. The molecule has 6 nitrogen and oxygen atoms in total. The number of halogens is 1. The molecule has 1 aromatic heterocycles. The van der Waals surface area contributed by atoms with Crippen LogP contribution in [-0.2, 0) is 31.2 Å². The van der Waals surface area contributed by atoms with Crippen LogP contribution in [-0.4, -0.2) is 53.5 Å². The predicted molar refractivity (Wildman–Crippen MR) is 125 cm³/mol. The highest BCUT2D eigenvalue weighted by molar-refractivity contribution is 14.0. The largest absolute Gasteiger partial charge is 0.381 e. The highest BCUT2D eigenvalue weighted by Crippen LogP contribution is 2.37. The SMILES string of the molecule is CCNC(=NCc1c(CC)nn(C)c1CC)N1CCCC2(CCCOC2)C1.I. The van der Waals surface area contributed by atoms with E-state index >= 15 is 0 Å². The predicted octanol–water partition coefficient (Wildman–Crippen LogP) is 3.52. The second kappa shape index (κ2) is 10.8. The van der Waals surface area contributed by atoms with Gasteiger partial charge in [-0.15, -0.1) is 24.0 Å². The standard InChI is InChI=1S/C21H37N5O.HI/c1-5-18-17(19(6-2)25(4)24-18)14-23-20(22-7-3)26-12-8-10-21(15-26)11-9-13-27-16-21;/h5-16H2,1-4H3,(H,22,23);1H. The molecule has 0 aliphatic carbocycles. The first-order chi connectivity index (χ1) is 13.1. The molecule has 0 radical (unpaired) electrons. The Kier molecular flexibility index (Phi) is 9.05. The van der Waals surface area contributed by atoms with E-state index in [0.717, 1.165) is 51.6 Å².